The zero-order valence-corrected chi connectivity index (χ0v) is 10.9. The SMILES string of the molecule is CCn1cc(N2CC(=O)NC(C(C)C)C2=O)cn1. The molecule has 2 rings (SSSR count). The minimum atomic E-state index is -0.448. The van der Waals surface area contributed by atoms with E-state index in [1.165, 1.54) is 4.90 Å². The Balaban J connectivity index is 2.25. The van der Waals surface area contributed by atoms with Crippen LogP contribution in [-0.4, -0.2) is 34.2 Å². The van der Waals surface area contributed by atoms with Crippen LogP contribution >= 0.6 is 0 Å². The summed E-state index contributed by atoms with van der Waals surface area (Å²) in [4.78, 5) is 25.4. The number of hydrogen-bond acceptors (Lipinski definition) is 3. The van der Waals surface area contributed by atoms with Gasteiger partial charge in [0, 0.05) is 12.7 Å². The highest BCUT2D eigenvalue weighted by atomic mass is 16.2. The number of piperazine rings is 1. The Labute approximate surface area is 106 Å². The van der Waals surface area contributed by atoms with E-state index >= 15 is 0 Å². The van der Waals surface area contributed by atoms with E-state index in [9.17, 15) is 9.59 Å². The molecule has 1 atom stereocenters. The summed E-state index contributed by atoms with van der Waals surface area (Å²) in [6, 6.07) is -0.448. The fraction of sp³-hybridized carbons (Fsp3) is 0.583. The highest BCUT2D eigenvalue weighted by Crippen LogP contribution is 2.19. The van der Waals surface area contributed by atoms with E-state index in [0.29, 0.717) is 5.69 Å². The van der Waals surface area contributed by atoms with Crippen molar-refractivity contribution >= 4 is 17.5 Å². The molecule has 18 heavy (non-hydrogen) atoms. The molecule has 1 aromatic heterocycles. The number of carbonyl (C=O) groups is 2. The summed E-state index contributed by atoms with van der Waals surface area (Å²) in [5.74, 6) is -0.122. The van der Waals surface area contributed by atoms with Gasteiger partial charge in [0.25, 0.3) is 0 Å². The maximum absolute atomic E-state index is 12.3. The fourth-order valence-corrected chi connectivity index (χ4v) is 2.01. The number of amides is 2. The van der Waals surface area contributed by atoms with Gasteiger partial charge in [0.1, 0.15) is 12.6 Å². The van der Waals surface area contributed by atoms with Crippen LogP contribution in [0.5, 0.6) is 0 Å². The second-order valence-corrected chi connectivity index (χ2v) is 4.77. The van der Waals surface area contributed by atoms with Crippen molar-refractivity contribution in [3.63, 3.8) is 0 Å². The number of rotatable bonds is 3. The Morgan fingerprint density at radius 1 is 1.50 bits per heavy atom. The minimum Gasteiger partial charge on any atom is -0.342 e. The monoisotopic (exact) mass is 250 g/mol. The van der Waals surface area contributed by atoms with Crippen LogP contribution in [0, 0.1) is 5.92 Å². The average molecular weight is 250 g/mol. The van der Waals surface area contributed by atoms with Gasteiger partial charge in [-0.3, -0.25) is 19.2 Å². The molecule has 1 unspecified atom stereocenters. The molecule has 2 amide bonds. The molecule has 1 fully saturated rings. The van der Waals surface area contributed by atoms with E-state index < -0.39 is 6.04 Å². The zero-order chi connectivity index (χ0) is 13.3. The quantitative estimate of drug-likeness (QED) is 0.844. The highest BCUT2D eigenvalue weighted by molar-refractivity contribution is 6.06. The normalized spacial score (nSPS) is 20.4. The Hall–Kier alpha value is -1.85. The molecule has 98 valence electrons. The molecule has 0 aromatic carbocycles. The first-order chi connectivity index (χ1) is 8.52. The average Bonchev–Trinajstić information content (AvgIpc) is 2.79. The van der Waals surface area contributed by atoms with Crippen LogP contribution in [0.15, 0.2) is 12.4 Å². The van der Waals surface area contributed by atoms with E-state index in [1.807, 2.05) is 20.8 Å². The van der Waals surface area contributed by atoms with Crippen molar-refractivity contribution < 1.29 is 9.59 Å². The number of nitrogens with one attached hydrogen (secondary N) is 1. The summed E-state index contributed by atoms with van der Waals surface area (Å²) in [6.45, 7) is 6.61. The summed E-state index contributed by atoms with van der Waals surface area (Å²) in [5, 5.41) is 6.86. The van der Waals surface area contributed by atoms with Crippen LogP contribution < -0.4 is 10.2 Å². The predicted molar refractivity (Wildman–Crippen MR) is 67.0 cm³/mol. The van der Waals surface area contributed by atoms with Crippen molar-refractivity contribution in [3.05, 3.63) is 12.4 Å². The van der Waals surface area contributed by atoms with Crippen LogP contribution in [0.2, 0.25) is 0 Å². The Morgan fingerprint density at radius 2 is 2.22 bits per heavy atom. The van der Waals surface area contributed by atoms with E-state index in [4.69, 9.17) is 0 Å². The van der Waals surface area contributed by atoms with Crippen molar-refractivity contribution in [2.75, 3.05) is 11.4 Å². The summed E-state index contributed by atoms with van der Waals surface area (Å²) in [5.41, 5.74) is 0.683. The maximum Gasteiger partial charge on any atom is 0.250 e. The molecule has 1 aliphatic heterocycles. The van der Waals surface area contributed by atoms with E-state index in [0.717, 1.165) is 6.54 Å². The first-order valence-corrected chi connectivity index (χ1v) is 6.16. The molecule has 0 aliphatic carbocycles. The van der Waals surface area contributed by atoms with Crippen molar-refractivity contribution in [2.45, 2.75) is 33.4 Å². The molecule has 0 spiro atoms. The molecule has 0 radical (unpaired) electrons. The lowest BCUT2D eigenvalue weighted by atomic mass is 10.0. The van der Waals surface area contributed by atoms with Gasteiger partial charge in [0.05, 0.1) is 11.9 Å². The standard InChI is InChI=1S/C12H18N4O2/c1-4-15-6-9(5-13-15)16-7-10(17)14-11(8(2)3)12(16)18/h5-6,8,11H,4,7H2,1-3H3,(H,14,17). The third-order valence-electron chi connectivity index (χ3n) is 3.07. The predicted octanol–water partition coefficient (Wildman–Crippen LogP) is 0.390. The lowest BCUT2D eigenvalue weighted by molar-refractivity contribution is -0.132. The maximum atomic E-state index is 12.3. The number of nitrogens with zero attached hydrogens (tertiary/aromatic N) is 3. The second-order valence-electron chi connectivity index (χ2n) is 4.77. The molecule has 2 heterocycles. The topological polar surface area (TPSA) is 67.2 Å². The van der Waals surface area contributed by atoms with Crippen LogP contribution in [0.3, 0.4) is 0 Å². The summed E-state index contributed by atoms with van der Waals surface area (Å²) in [6.07, 6.45) is 3.41. The molecule has 1 aromatic rings. The zero-order valence-electron chi connectivity index (χ0n) is 10.9. The number of aryl methyl sites for hydroxylation is 1. The highest BCUT2D eigenvalue weighted by Gasteiger charge is 2.35. The largest absolute Gasteiger partial charge is 0.342 e. The van der Waals surface area contributed by atoms with Gasteiger partial charge in [0.2, 0.25) is 11.8 Å². The molecular formula is C12H18N4O2. The van der Waals surface area contributed by atoms with Gasteiger partial charge in [-0.2, -0.15) is 5.10 Å². The molecule has 0 saturated carbocycles. The molecule has 0 bridgehead atoms. The van der Waals surface area contributed by atoms with Crippen LogP contribution in [0.4, 0.5) is 5.69 Å². The Kier molecular flexibility index (Phi) is 3.36. The van der Waals surface area contributed by atoms with E-state index in [2.05, 4.69) is 10.4 Å². The number of hydrogen-bond donors (Lipinski definition) is 1. The third-order valence-corrected chi connectivity index (χ3v) is 3.07. The lowest BCUT2D eigenvalue weighted by Gasteiger charge is -2.33. The van der Waals surface area contributed by atoms with Gasteiger partial charge in [-0.1, -0.05) is 13.8 Å². The van der Waals surface area contributed by atoms with Gasteiger partial charge in [0.15, 0.2) is 0 Å². The lowest BCUT2D eigenvalue weighted by Crippen LogP contribution is -2.60. The fourth-order valence-electron chi connectivity index (χ4n) is 2.01. The molecule has 1 aliphatic rings. The third kappa shape index (κ3) is 2.23. The first kappa shape index (κ1) is 12.6. The van der Waals surface area contributed by atoms with Crippen molar-refractivity contribution in [2.24, 2.45) is 5.92 Å². The first-order valence-electron chi connectivity index (χ1n) is 6.16. The van der Waals surface area contributed by atoms with E-state index in [1.54, 1.807) is 17.1 Å². The van der Waals surface area contributed by atoms with Crippen LogP contribution in [0.25, 0.3) is 0 Å². The summed E-state index contributed by atoms with van der Waals surface area (Å²) in [7, 11) is 0. The van der Waals surface area contributed by atoms with Crippen LogP contribution in [0.1, 0.15) is 20.8 Å². The minimum absolute atomic E-state index is 0.0669. The van der Waals surface area contributed by atoms with Crippen molar-refractivity contribution in [3.8, 4) is 0 Å². The van der Waals surface area contributed by atoms with Crippen molar-refractivity contribution in [1.82, 2.24) is 15.1 Å². The smallest absolute Gasteiger partial charge is 0.250 e. The Morgan fingerprint density at radius 3 is 2.78 bits per heavy atom. The number of aromatic nitrogens is 2. The molecule has 1 saturated heterocycles. The molecular weight excluding hydrogens is 232 g/mol. The number of anilines is 1. The van der Waals surface area contributed by atoms with Gasteiger partial charge in [-0.05, 0) is 12.8 Å². The summed E-state index contributed by atoms with van der Waals surface area (Å²) >= 11 is 0. The van der Waals surface area contributed by atoms with Crippen LogP contribution in [-0.2, 0) is 16.1 Å². The summed E-state index contributed by atoms with van der Waals surface area (Å²) < 4.78 is 1.74. The van der Waals surface area contributed by atoms with Gasteiger partial charge in [-0.15, -0.1) is 0 Å². The van der Waals surface area contributed by atoms with E-state index in [-0.39, 0.29) is 24.3 Å². The van der Waals surface area contributed by atoms with Gasteiger partial charge in [-0.25, -0.2) is 0 Å². The molecule has 6 heteroatoms. The Bertz CT molecular complexity index is 466. The molecule has 6 nitrogen and oxygen atoms in total. The molecule has 1 N–H and O–H groups in total. The van der Waals surface area contributed by atoms with Crippen molar-refractivity contribution in [1.29, 1.82) is 0 Å². The van der Waals surface area contributed by atoms with Gasteiger partial charge < -0.3 is 5.32 Å². The second kappa shape index (κ2) is 4.80. The van der Waals surface area contributed by atoms with Gasteiger partial charge >= 0.3 is 0 Å². The number of carbonyl (C=O) groups excluding carboxylic acids is 2.